The highest BCUT2D eigenvalue weighted by molar-refractivity contribution is 9.11. The van der Waals surface area contributed by atoms with Crippen LogP contribution in [0, 0.1) is 17.0 Å². The van der Waals surface area contributed by atoms with Crippen LogP contribution in [0.2, 0.25) is 0 Å². The highest BCUT2D eigenvalue weighted by Crippen LogP contribution is 2.38. The van der Waals surface area contributed by atoms with Crippen molar-refractivity contribution in [1.82, 2.24) is 19.9 Å². The molecular formula is C21H22BrF2N5O2S2. The van der Waals surface area contributed by atoms with Gasteiger partial charge in [-0.15, -0.1) is 11.3 Å². The Labute approximate surface area is 206 Å². The average molecular weight is 558 g/mol. The Hall–Kier alpha value is -2.05. The van der Waals surface area contributed by atoms with Crippen LogP contribution >= 0.6 is 39.0 Å². The van der Waals surface area contributed by atoms with Crippen LogP contribution in [0.3, 0.4) is 0 Å². The van der Waals surface area contributed by atoms with E-state index in [1.54, 1.807) is 0 Å². The standard InChI is InChI=1S/C21H22BrF2N5O2S2/c1-21(2,3)15-12(7-8-29(15)20(30)31)25-16-14-17(26-18(22)33-14)28-19(27-16)32-9-10-5-4-6-11(23)13(10)24/h4-6,12,15H,7-9H2,1-3H3,(H,30,31)(H,25,27,28)/t12-,15?/m1/s1. The quantitative estimate of drug-likeness (QED) is 0.293. The van der Waals surface area contributed by atoms with Gasteiger partial charge in [-0.25, -0.2) is 28.5 Å². The smallest absolute Gasteiger partial charge is 0.407 e. The molecule has 1 aromatic carbocycles. The number of halogens is 3. The predicted molar refractivity (Wildman–Crippen MR) is 129 cm³/mol. The van der Waals surface area contributed by atoms with Gasteiger partial charge in [-0.05, 0) is 33.8 Å². The van der Waals surface area contributed by atoms with Gasteiger partial charge in [-0.1, -0.05) is 44.7 Å². The van der Waals surface area contributed by atoms with Crippen LogP contribution in [0.4, 0.5) is 19.4 Å². The van der Waals surface area contributed by atoms with Crippen LogP contribution in [0.5, 0.6) is 0 Å². The van der Waals surface area contributed by atoms with E-state index in [1.807, 2.05) is 20.8 Å². The molecule has 33 heavy (non-hydrogen) atoms. The summed E-state index contributed by atoms with van der Waals surface area (Å²) in [5.41, 5.74) is 0.407. The molecule has 1 unspecified atom stereocenters. The van der Waals surface area contributed by atoms with Crippen molar-refractivity contribution in [2.24, 2.45) is 5.41 Å². The number of nitrogens with zero attached hydrogens (tertiary/aromatic N) is 4. The van der Waals surface area contributed by atoms with Crippen LogP contribution in [0.15, 0.2) is 27.3 Å². The number of hydrogen-bond acceptors (Lipinski definition) is 7. The zero-order chi connectivity index (χ0) is 23.9. The van der Waals surface area contributed by atoms with Crippen LogP contribution in [-0.2, 0) is 5.75 Å². The Bertz CT molecular complexity index is 1200. The monoisotopic (exact) mass is 557 g/mol. The number of hydrogen-bond donors (Lipinski definition) is 2. The largest absolute Gasteiger partial charge is 0.465 e. The van der Waals surface area contributed by atoms with Gasteiger partial charge < -0.3 is 15.3 Å². The van der Waals surface area contributed by atoms with Gasteiger partial charge in [0, 0.05) is 17.9 Å². The lowest BCUT2D eigenvalue weighted by Crippen LogP contribution is -2.49. The number of thiazole rings is 1. The maximum Gasteiger partial charge on any atom is 0.407 e. The molecule has 12 heteroatoms. The Kier molecular flexibility index (Phi) is 6.79. The number of amides is 1. The van der Waals surface area contributed by atoms with Crippen molar-refractivity contribution in [3.63, 3.8) is 0 Å². The molecule has 0 saturated carbocycles. The molecule has 176 valence electrons. The first-order valence-electron chi connectivity index (χ1n) is 10.2. The first-order valence-corrected chi connectivity index (χ1v) is 12.8. The third-order valence-electron chi connectivity index (χ3n) is 5.45. The highest BCUT2D eigenvalue weighted by Gasteiger charge is 2.44. The van der Waals surface area contributed by atoms with Crippen molar-refractivity contribution in [2.75, 3.05) is 11.9 Å². The maximum absolute atomic E-state index is 14.1. The average Bonchev–Trinajstić information content (AvgIpc) is 3.32. The SMILES string of the molecule is CC(C)(C)C1[C@H](Nc2nc(SCc3cccc(F)c3F)nc3nc(Br)sc23)CCN1C(=O)O. The van der Waals surface area contributed by atoms with Crippen molar-refractivity contribution in [1.29, 1.82) is 0 Å². The lowest BCUT2D eigenvalue weighted by molar-refractivity contribution is 0.103. The van der Waals surface area contributed by atoms with E-state index < -0.39 is 17.7 Å². The Morgan fingerprint density at radius 2 is 2.09 bits per heavy atom. The maximum atomic E-state index is 14.1. The third kappa shape index (κ3) is 5.07. The first-order chi connectivity index (χ1) is 15.5. The molecule has 0 bridgehead atoms. The minimum absolute atomic E-state index is 0.153. The number of nitrogens with one attached hydrogen (secondary N) is 1. The number of anilines is 1. The fourth-order valence-electron chi connectivity index (χ4n) is 4.15. The molecule has 2 N–H and O–H groups in total. The molecule has 0 radical (unpaired) electrons. The number of carboxylic acid groups (broad SMARTS) is 1. The van der Waals surface area contributed by atoms with Crippen molar-refractivity contribution in [3.05, 3.63) is 39.3 Å². The van der Waals surface area contributed by atoms with E-state index >= 15 is 0 Å². The molecule has 0 aliphatic carbocycles. The first kappa shape index (κ1) is 24.1. The molecule has 0 spiro atoms. The highest BCUT2D eigenvalue weighted by atomic mass is 79.9. The van der Waals surface area contributed by atoms with Crippen molar-refractivity contribution >= 4 is 61.3 Å². The van der Waals surface area contributed by atoms with Gasteiger partial charge in [0.1, 0.15) is 4.70 Å². The second kappa shape index (κ2) is 9.30. The van der Waals surface area contributed by atoms with E-state index in [2.05, 4.69) is 36.2 Å². The van der Waals surface area contributed by atoms with Gasteiger partial charge >= 0.3 is 6.09 Å². The van der Waals surface area contributed by atoms with E-state index in [0.717, 1.165) is 10.8 Å². The van der Waals surface area contributed by atoms with Crippen LogP contribution in [0.25, 0.3) is 10.3 Å². The normalized spacial score (nSPS) is 18.8. The Balaban J connectivity index is 1.64. The molecule has 2 aromatic heterocycles. The van der Waals surface area contributed by atoms with E-state index in [9.17, 15) is 18.7 Å². The van der Waals surface area contributed by atoms with Gasteiger partial charge in [0.25, 0.3) is 0 Å². The van der Waals surface area contributed by atoms with Gasteiger partial charge in [0.2, 0.25) is 0 Å². The predicted octanol–water partition coefficient (Wildman–Crippen LogP) is 6.00. The van der Waals surface area contributed by atoms with Crippen LogP contribution in [0.1, 0.15) is 32.8 Å². The van der Waals surface area contributed by atoms with E-state index in [4.69, 9.17) is 0 Å². The molecule has 4 rings (SSSR count). The van der Waals surface area contributed by atoms with E-state index in [1.165, 1.54) is 40.1 Å². The Morgan fingerprint density at radius 3 is 2.79 bits per heavy atom. The van der Waals surface area contributed by atoms with Gasteiger partial charge in [0.05, 0.1) is 12.1 Å². The molecule has 2 atom stereocenters. The minimum atomic E-state index is -0.944. The number of benzene rings is 1. The lowest BCUT2D eigenvalue weighted by Gasteiger charge is -2.37. The van der Waals surface area contributed by atoms with E-state index in [-0.39, 0.29) is 28.8 Å². The summed E-state index contributed by atoms with van der Waals surface area (Å²) < 4.78 is 29.0. The van der Waals surface area contributed by atoms with Crippen molar-refractivity contribution < 1.29 is 18.7 Å². The molecule has 1 amide bonds. The molecule has 1 saturated heterocycles. The second-order valence-corrected chi connectivity index (χ2v) is 12.0. The summed E-state index contributed by atoms with van der Waals surface area (Å²) in [5, 5.41) is 13.5. The summed E-state index contributed by atoms with van der Waals surface area (Å²) in [5.74, 6) is -1.07. The lowest BCUT2D eigenvalue weighted by atomic mass is 9.82. The van der Waals surface area contributed by atoms with Crippen molar-refractivity contribution in [2.45, 2.75) is 50.2 Å². The zero-order valence-electron chi connectivity index (χ0n) is 18.1. The zero-order valence-corrected chi connectivity index (χ0v) is 21.3. The number of likely N-dealkylation sites (tertiary alicyclic amines) is 1. The number of fused-ring (bicyclic) bond motifs is 1. The fourth-order valence-corrected chi connectivity index (χ4v) is 6.30. The summed E-state index contributed by atoms with van der Waals surface area (Å²) in [6, 6.07) is 3.65. The summed E-state index contributed by atoms with van der Waals surface area (Å²) in [7, 11) is 0. The molecule has 1 aliphatic rings. The second-order valence-electron chi connectivity index (χ2n) is 8.80. The third-order valence-corrected chi connectivity index (χ3v) is 7.85. The summed E-state index contributed by atoms with van der Waals surface area (Å²) >= 11 is 5.94. The Morgan fingerprint density at radius 1 is 1.33 bits per heavy atom. The summed E-state index contributed by atoms with van der Waals surface area (Å²) in [6.45, 7) is 6.47. The minimum Gasteiger partial charge on any atom is -0.465 e. The van der Waals surface area contributed by atoms with Gasteiger partial charge in [0.15, 0.2) is 32.2 Å². The molecule has 3 aromatic rings. The van der Waals surface area contributed by atoms with Gasteiger partial charge in [-0.2, -0.15) is 0 Å². The van der Waals surface area contributed by atoms with E-state index in [0.29, 0.717) is 33.5 Å². The molecular weight excluding hydrogens is 536 g/mol. The van der Waals surface area contributed by atoms with Crippen molar-refractivity contribution in [3.8, 4) is 0 Å². The molecule has 7 nitrogen and oxygen atoms in total. The molecule has 1 aliphatic heterocycles. The number of carbonyl (C=O) groups is 1. The fraction of sp³-hybridized carbons (Fsp3) is 0.429. The molecule has 1 fully saturated rings. The van der Waals surface area contributed by atoms with Gasteiger partial charge in [-0.3, -0.25) is 0 Å². The molecule has 3 heterocycles. The van der Waals surface area contributed by atoms with Crippen LogP contribution < -0.4 is 5.32 Å². The number of rotatable bonds is 5. The number of thioether (sulfide) groups is 1. The summed E-state index contributed by atoms with van der Waals surface area (Å²) in [4.78, 5) is 26.8. The topological polar surface area (TPSA) is 91.2 Å². The summed E-state index contributed by atoms with van der Waals surface area (Å²) in [6.07, 6.45) is -0.308. The number of aromatic nitrogens is 3. The van der Waals surface area contributed by atoms with Crippen LogP contribution in [-0.4, -0.2) is 49.7 Å².